The second kappa shape index (κ2) is 6.13. The van der Waals surface area contributed by atoms with Gasteiger partial charge < -0.3 is 9.84 Å². The predicted octanol–water partition coefficient (Wildman–Crippen LogP) is 4.50. The fraction of sp³-hybridized carbons (Fsp3) is 0.150. The first-order valence-electron chi connectivity index (χ1n) is 7.47. The lowest BCUT2D eigenvalue weighted by Crippen LogP contribution is -1.97. The van der Waals surface area contributed by atoms with Crippen molar-refractivity contribution in [2.45, 2.75) is 13.3 Å². The third kappa shape index (κ3) is 2.90. The molecule has 0 spiro atoms. The maximum absolute atomic E-state index is 11.2. The van der Waals surface area contributed by atoms with Crippen molar-refractivity contribution in [2.24, 2.45) is 0 Å². The number of benzene rings is 2. The van der Waals surface area contributed by atoms with Gasteiger partial charge in [0.25, 0.3) is 0 Å². The maximum Gasteiger partial charge on any atom is 0.307 e. The zero-order valence-corrected chi connectivity index (χ0v) is 13.2. The molecule has 1 N–H and O–H groups in total. The number of carboxylic acids is 1. The maximum atomic E-state index is 11.2. The smallest absolute Gasteiger partial charge is 0.307 e. The minimum Gasteiger partial charge on any atom is -0.497 e. The van der Waals surface area contributed by atoms with Crippen molar-refractivity contribution in [3.63, 3.8) is 0 Å². The lowest BCUT2D eigenvalue weighted by Gasteiger charge is -2.07. The number of hydrogen-bond donors (Lipinski definition) is 1. The highest BCUT2D eigenvalue weighted by molar-refractivity contribution is 6.07. The number of carboxylic acid groups (broad SMARTS) is 1. The molecule has 0 radical (unpaired) electrons. The lowest BCUT2D eigenvalue weighted by atomic mass is 10.0. The van der Waals surface area contributed by atoms with E-state index >= 15 is 0 Å². The summed E-state index contributed by atoms with van der Waals surface area (Å²) in [6.45, 7) is 1.99. The Balaban J connectivity index is 2.17. The number of rotatable bonds is 4. The standard InChI is InChI=1S/C20H18O3/c1-13-17(10-14-6-4-3-5-7-14)16-9-8-15(23-2)11-19(16)18(13)12-20(21)22/h3-11H,12H2,1-2H3,(H,21,22)/b17-10+. The molecule has 0 amide bonds. The van der Waals surface area contributed by atoms with E-state index in [9.17, 15) is 9.90 Å². The minimum atomic E-state index is -0.825. The van der Waals surface area contributed by atoms with Gasteiger partial charge in [-0.2, -0.15) is 0 Å². The van der Waals surface area contributed by atoms with E-state index in [4.69, 9.17) is 4.74 Å². The van der Waals surface area contributed by atoms with Gasteiger partial charge in [-0.25, -0.2) is 0 Å². The van der Waals surface area contributed by atoms with Crippen LogP contribution in [0.1, 0.15) is 30.0 Å². The highest BCUT2D eigenvalue weighted by Gasteiger charge is 2.25. The molecule has 0 atom stereocenters. The molecule has 0 heterocycles. The Kier molecular flexibility index (Phi) is 4.02. The molecular weight excluding hydrogens is 288 g/mol. The van der Waals surface area contributed by atoms with Crippen LogP contribution in [0.25, 0.3) is 17.2 Å². The summed E-state index contributed by atoms with van der Waals surface area (Å²) in [7, 11) is 1.62. The molecular formula is C20H18O3. The third-order valence-corrected chi connectivity index (χ3v) is 4.14. The van der Waals surface area contributed by atoms with Crippen molar-refractivity contribution >= 4 is 23.2 Å². The van der Waals surface area contributed by atoms with Crippen molar-refractivity contribution in [2.75, 3.05) is 7.11 Å². The summed E-state index contributed by atoms with van der Waals surface area (Å²) < 4.78 is 5.29. The summed E-state index contributed by atoms with van der Waals surface area (Å²) in [6.07, 6.45) is 2.12. The number of carbonyl (C=O) groups is 1. The molecule has 3 rings (SSSR count). The van der Waals surface area contributed by atoms with Gasteiger partial charge in [0, 0.05) is 0 Å². The quantitative estimate of drug-likeness (QED) is 0.904. The summed E-state index contributed by atoms with van der Waals surface area (Å²) in [4.78, 5) is 11.2. The number of aliphatic carboxylic acids is 1. The molecule has 3 nitrogen and oxygen atoms in total. The number of methoxy groups -OCH3 is 1. The Morgan fingerprint density at radius 2 is 1.87 bits per heavy atom. The second-order valence-electron chi connectivity index (χ2n) is 5.55. The van der Waals surface area contributed by atoms with Crippen molar-refractivity contribution in [1.82, 2.24) is 0 Å². The zero-order chi connectivity index (χ0) is 16.4. The first-order chi connectivity index (χ1) is 11.1. The molecule has 0 bridgehead atoms. The number of hydrogen-bond acceptors (Lipinski definition) is 2. The normalized spacial score (nSPS) is 15.0. The van der Waals surface area contributed by atoms with Crippen LogP contribution in [0, 0.1) is 0 Å². The van der Waals surface area contributed by atoms with Gasteiger partial charge in [0.1, 0.15) is 5.75 Å². The highest BCUT2D eigenvalue weighted by Crippen LogP contribution is 2.44. The molecule has 0 aromatic heterocycles. The van der Waals surface area contributed by atoms with Gasteiger partial charge in [-0.05, 0) is 58.5 Å². The fourth-order valence-corrected chi connectivity index (χ4v) is 2.98. The molecule has 2 aromatic carbocycles. The van der Waals surface area contributed by atoms with Crippen LogP contribution in [0.15, 0.2) is 54.1 Å². The summed E-state index contributed by atoms with van der Waals surface area (Å²) in [5, 5.41) is 9.23. The molecule has 0 fully saturated rings. The van der Waals surface area contributed by atoms with Crippen LogP contribution in [0.2, 0.25) is 0 Å². The summed E-state index contributed by atoms with van der Waals surface area (Å²) in [5.41, 5.74) is 6.05. The SMILES string of the molecule is COc1ccc2c(c1)C(CC(=O)O)=C(C)/C2=C\c1ccccc1. The number of allylic oxidation sites excluding steroid dienone is 2. The third-order valence-electron chi connectivity index (χ3n) is 4.14. The molecule has 1 aliphatic carbocycles. The fourth-order valence-electron chi connectivity index (χ4n) is 2.98. The van der Waals surface area contributed by atoms with E-state index in [1.165, 1.54) is 0 Å². The van der Waals surface area contributed by atoms with Crippen molar-refractivity contribution in [3.8, 4) is 5.75 Å². The van der Waals surface area contributed by atoms with Crippen LogP contribution < -0.4 is 4.74 Å². The van der Waals surface area contributed by atoms with Crippen molar-refractivity contribution in [3.05, 3.63) is 70.8 Å². The molecule has 116 valence electrons. The largest absolute Gasteiger partial charge is 0.497 e. The Hall–Kier alpha value is -2.81. The zero-order valence-electron chi connectivity index (χ0n) is 13.2. The van der Waals surface area contributed by atoms with Crippen molar-refractivity contribution in [1.29, 1.82) is 0 Å². The minimum absolute atomic E-state index is 0.0120. The van der Waals surface area contributed by atoms with E-state index in [1.807, 2.05) is 55.5 Å². The highest BCUT2D eigenvalue weighted by atomic mass is 16.5. The van der Waals surface area contributed by atoms with Crippen molar-refractivity contribution < 1.29 is 14.6 Å². The molecule has 0 saturated heterocycles. The molecule has 0 saturated carbocycles. The molecule has 23 heavy (non-hydrogen) atoms. The van der Waals surface area contributed by atoms with Crippen LogP contribution in [0.5, 0.6) is 5.75 Å². The lowest BCUT2D eigenvalue weighted by molar-refractivity contribution is -0.135. The van der Waals surface area contributed by atoms with Crippen LogP contribution in [-0.4, -0.2) is 18.2 Å². The Morgan fingerprint density at radius 3 is 2.52 bits per heavy atom. The first-order valence-corrected chi connectivity index (χ1v) is 7.47. The van der Waals surface area contributed by atoms with E-state index in [-0.39, 0.29) is 6.42 Å². The first kappa shape index (κ1) is 15.1. The topological polar surface area (TPSA) is 46.5 Å². The molecule has 2 aromatic rings. The monoisotopic (exact) mass is 306 g/mol. The van der Waals surface area contributed by atoms with Crippen LogP contribution in [0.4, 0.5) is 0 Å². The van der Waals surface area contributed by atoms with Gasteiger partial charge in [0.05, 0.1) is 13.5 Å². The Labute approximate surface area is 135 Å². The van der Waals surface area contributed by atoms with Gasteiger partial charge in [-0.3, -0.25) is 4.79 Å². The van der Waals surface area contributed by atoms with Gasteiger partial charge in [-0.1, -0.05) is 36.4 Å². The molecule has 0 unspecified atom stereocenters. The Morgan fingerprint density at radius 1 is 1.13 bits per heavy atom. The molecule has 3 heteroatoms. The van der Waals surface area contributed by atoms with Gasteiger partial charge in [0.15, 0.2) is 0 Å². The van der Waals surface area contributed by atoms with Crippen LogP contribution in [0.3, 0.4) is 0 Å². The molecule has 0 aliphatic heterocycles. The summed E-state index contributed by atoms with van der Waals surface area (Å²) in [5.74, 6) is -0.0884. The molecule has 1 aliphatic rings. The van der Waals surface area contributed by atoms with Crippen LogP contribution in [-0.2, 0) is 4.79 Å². The van der Waals surface area contributed by atoms with E-state index in [2.05, 4.69) is 6.08 Å². The number of ether oxygens (including phenoxy) is 1. The van der Waals surface area contributed by atoms with Gasteiger partial charge >= 0.3 is 5.97 Å². The Bertz CT molecular complexity index is 814. The van der Waals surface area contributed by atoms with Gasteiger partial charge in [-0.15, -0.1) is 0 Å². The van der Waals surface area contributed by atoms with Gasteiger partial charge in [0.2, 0.25) is 0 Å². The van der Waals surface area contributed by atoms with E-state index in [0.717, 1.165) is 39.2 Å². The summed E-state index contributed by atoms with van der Waals surface area (Å²) in [6, 6.07) is 15.9. The average molecular weight is 306 g/mol. The predicted molar refractivity (Wildman–Crippen MR) is 92.2 cm³/mol. The second-order valence-corrected chi connectivity index (χ2v) is 5.55. The van der Waals surface area contributed by atoms with E-state index < -0.39 is 5.97 Å². The van der Waals surface area contributed by atoms with E-state index in [1.54, 1.807) is 7.11 Å². The number of fused-ring (bicyclic) bond motifs is 1. The van der Waals surface area contributed by atoms with E-state index in [0.29, 0.717) is 0 Å². The van der Waals surface area contributed by atoms with Crippen LogP contribution >= 0.6 is 0 Å². The average Bonchev–Trinajstić information content (AvgIpc) is 2.80. The summed E-state index contributed by atoms with van der Waals surface area (Å²) >= 11 is 0.